The van der Waals surface area contributed by atoms with Crippen molar-refractivity contribution < 1.29 is 4.79 Å². The molecule has 0 aromatic carbocycles. The third-order valence-corrected chi connectivity index (χ3v) is 3.27. The molecule has 0 aliphatic carbocycles. The van der Waals surface area contributed by atoms with Crippen LogP contribution in [0.1, 0.15) is 37.0 Å². The standard InChI is InChI=1S/C12H19N3O/c1-3-6-15-8-10(7-14-15)11(16)12(2)4-5-13-9-12/h7-8,13H,3-6,9H2,1-2H3. The molecule has 0 saturated carbocycles. The van der Waals surface area contributed by atoms with E-state index in [1.54, 1.807) is 6.20 Å². The largest absolute Gasteiger partial charge is 0.316 e. The number of hydrogen-bond donors (Lipinski definition) is 1. The molecule has 0 radical (unpaired) electrons. The van der Waals surface area contributed by atoms with Crippen molar-refractivity contribution in [3.8, 4) is 0 Å². The van der Waals surface area contributed by atoms with Gasteiger partial charge in [-0.25, -0.2) is 0 Å². The molecule has 2 heterocycles. The van der Waals surface area contributed by atoms with Crippen molar-refractivity contribution in [3.05, 3.63) is 18.0 Å². The number of nitrogens with zero attached hydrogens (tertiary/aromatic N) is 2. The number of aryl methyl sites for hydroxylation is 1. The van der Waals surface area contributed by atoms with E-state index in [4.69, 9.17) is 0 Å². The topological polar surface area (TPSA) is 46.9 Å². The van der Waals surface area contributed by atoms with E-state index >= 15 is 0 Å². The van der Waals surface area contributed by atoms with E-state index in [0.717, 1.165) is 38.0 Å². The van der Waals surface area contributed by atoms with Crippen molar-refractivity contribution in [2.45, 2.75) is 33.2 Å². The lowest BCUT2D eigenvalue weighted by atomic mass is 9.82. The number of ketones is 1. The first-order chi connectivity index (χ1) is 7.65. The Kier molecular flexibility index (Phi) is 3.10. The summed E-state index contributed by atoms with van der Waals surface area (Å²) in [5.41, 5.74) is 0.514. The maximum atomic E-state index is 12.3. The van der Waals surface area contributed by atoms with Crippen LogP contribution in [0.2, 0.25) is 0 Å². The molecular formula is C12H19N3O. The van der Waals surface area contributed by atoms with Crippen molar-refractivity contribution in [2.24, 2.45) is 5.41 Å². The molecule has 1 aromatic rings. The molecule has 1 N–H and O–H groups in total. The second-order valence-corrected chi connectivity index (χ2v) is 4.81. The minimum atomic E-state index is -0.236. The van der Waals surface area contributed by atoms with E-state index < -0.39 is 0 Å². The quantitative estimate of drug-likeness (QED) is 0.783. The lowest BCUT2D eigenvalue weighted by Crippen LogP contribution is -2.30. The van der Waals surface area contributed by atoms with Gasteiger partial charge in [-0.05, 0) is 19.4 Å². The third kappa shape index (κ3) is 2.02. The zero-order chi connectivity index (χ0) is 11.6. The summed E-state index contributed by atoms with van der Waals surface area (Å²) in [4.78, 5) is 12.3. The molecule has 1 fully saturated rings. The number of aromatic nitrogens is 2. The third-order valence-electron chi connectivity index (χ3n) is 3.27. The van der Waals surface area contributed by atoms with Gasteiger partial charge in [0, 0.05) is 24.7 Å². The van der Waals surface area contributed by atoms with E-state index in [9.17, 15) is 4.79 Å². The fourth-order valence-electron chi connectivity index (χ4n) is 2.19. The van der Waals surface area contributed by atoms with E-state index in [1.165, 1.54) is 0 Å². The monoisotopic (exact) mass is 221 g/mol. The zero-order valence-electron chi connectivity index (χ0n) is 9.99. The Bertz CT molecular complexity index is 377. The lowest BCUT2D eigenvalue weighted by molar-refractivity contribution is 0.0839. The molecule has 1 unspecified atom stereocenters. The molecule has 2 rings (SSSR count). The fraction of sp³-hybridized carbons (Fsp3) is 0.667. The number of carbonyl (C=O) groups is 1. The molecule has 0 amide bonds. The SMILES string of the molecule is CCCn1cc(C(=O)C2(C)CCNC2)cn1. The molecule has 0 spiro atoms. The Hall–Kier alpha value is -1.16. The Labute approximate surface area is 96.0 Å². The van der Waals surface area contributed by atoms with Crippen molar-refractivity contribution in [1.82, 2.24) is 15.1 Å². The average molecular weight is 221 g/mol. The van der Waals surface area contributed by atoms with Gasteiger partial charge in [0.1, 0.15) is 0 Å². The molecule has 1 aromatic heterocycles. The number of Topliss-reactive ketones (excluding diaryl/α,β-unsaturated/α-hetero) is 1. The molecule has 0 bridgehead atoms. The van der Waals surface area contributed by atoms with Crippen LogP contribution in [0, 0.1) is 5.41 Å². The van der Waals surface area contributed by atoms with Gasteiger partial charge in [-0.15, -0.1) is 0 Å². The maximum Gasteiger partial charge on any atom is 0.173 e. The second-order valence-electron chi connectivity index (χ2n) is 4.81. The number of nitrogens with one attached hydrogen (secondary N) is 1. The smallest absolute Gasteiger partial charge is 0.173 e. The predicted octanol–water partition coefficient (Wildman–Crippen LogP) is 1.48. The first-order valence-electron chi connectivity index (χ1n) is 5.94. The van der Waals surface area contributed by atoms with Crippen LogP contribution in [0.5, 0.6) is 0 Å². The van der Waals surface area contributed by atoms with Crippen LogP contribution >= 0.6 is 0 Å². The molecule has 88 valence electrons. The van der Waals surface area contributed by atoms with Crippen LogP contribution in [0.3, 0.4) is 0 Å². The molecule has 16 heavy (non-hydrogen) atoms. The van der Waals surface area contributed by atoms with Gasteiger partial charge < -0.3 is 5.32 Å². The van der Waals surface area contributed by atoms with Gasteiger partial charge >= 0.3 is 0 Å². The van der Waals surface area contributed by atoms with Gasteiger partial charge in [0.2, 0.25) is 0 Å². The highest BCUT2D eigenvalue weighted by atomic mass is 16.1. The first kappa shape index (κ1) is 11.3. The van der Waals surface area contributed by atoms with Crippen molar-refractivity contribution >= 4 is 5.78 Å². The van der Waals surface area contributed by atoms with Crippen LogP contribution < -0.4 is 5.32 Å². The average Bonchev–Trinajstić information content (AvgIpc) is 2.88. The number of hydrogen-bond acceptors (Lipinski definition) is 3. The van der Waals surface area contributed by atoms with Crippen LogP contribution in [0.25, 0.3) is 0 Å². The van der Waals surface area contributed by atoms with Crippen molar-refractivity contribution in [1.29, 1.82) is 0 Å². The molecule has 4 heteroatoms. The Morgan fingerprint density at radius 1 is 1.69 bits per heavy atom. The number of rotatable bonds is 4. The minimum absolute atomic E-state index is 0.222. The van der Waals surface area contributed by atoms with Gasteiger partial charge in [0.15, 0.2) is 5.78 Å². The summed E-state index contributed by atoms with van der Waals surface area (Å²) in [6.07, 6.45) is 5.52. The maximum absolute atomic E-state index is 12.3. The van der Waals surface area contributed by atoms with Gasteiger partial charge in [0.25, 0.3) is 0 Å². The van der Waals surface area contributed by atoms with Crippen molar-refractivity contribution in [3.63, 3.8) is 0 Å². The van der Waals surface area contributed by atoms with E-state index in [0.29, 0.717) is 0 Å². The van der Waals surface area contributed by atoms with Crippen LogP contribution in [-0.4, -0.2) is 28.7 Å². The Balaban J connectivity index is 2.13. The molecule has 1 aliphatic rings. The Morgan fingerprint density at radius 3 is 3.12 bits per heavy atom. The van der Waals surface area contributed by atoms with E-state index in [1.807, 2.05) is 17.8 Å². The summed E-state index contributed by atoms with van der Waals surface area (Å²) in [7, 11) is 0. The van der Waals surface area contributed by atoms with Gasteiger partial charge in [-0.1, -0.05) is 13.8 Å². The molecular weight excluding hydrogens is 202 g/mol. The normalized spacial score (nSPS) is 24.9. The summed E-state index contributed by atoms with van der Waals surface area (Å²) in [6, 6.07) is 0. The lowest BCUT2D eigenvalue weighted by Gasteiger charge is -2.19. The molecule has 1 aliphatic heterocycles. The van der Waals surface area contributed by atoms with Crippen molar-refractivity contribution in [2.75, 3.05) is 13.1 Å². The van der Waals surface area contributed by atoms with E-state index in [-0.39, 0.29) is 11.2 Å². The summed E-state index contributed by atoms with van der Waals surface area (Å²) in [5.74, 6) is 0.222. The first-order valence-corrected chi connectivity index (χ1v) is 5.94. The zero-order valence-corrected chi connectivity index (χ0v) is 9.99. The predicted molar refractivity (Wildman–Crippen MR) is 62.4 cm³/mol. The van der Waals surface area contributed by atoms with Gasteiger partial charge in [-0.2, -0.15) is 5.10 Å². The summed E-state index contributed by atoms with van der Waals surface area (Å²) in [5, 5.41) is 7.45. The molecule has 1 saturated heterocycles. The second kappa shape index (κ2) is 4.37. The van der Waals surface area contributed by atoms with Gasteiger partial charge in [-0.3, -0.25) is 9.48 Å². The fourth-order valence-corrected chi connectivity index (χ4v) is 2.19. The van der Waals surface area contributed by atoms with Gasteiger partial charge in [0.05, 0.1) is 11.8 Å². The highest BCUT2D eigenvalue weighted by Crippen LogP contribution is 2.28. The molecule has 1 atom stereocenters. The van der Waals surface area contributed by atoms with Crippen LogP contribution in [-0.2, 0) is 6.54 Å². The van der Waals surface area contributed by atoms with E-state index in [2.05, 4.69) is 17.3 Å². The highest BCUT2D eigenvalue weighted by molar-refractivity contribution is 6.00. The summed E-state index contributed by atoms with van der Waals surface area (Å²) >= 11 is 0. The van der Waals surface area contributed by atoms with Crippen LogP contribution in [0.15, 0.2) is 12.4 Å². The summed E-state index contributed by atoms with van der Waals surface area (Å²) in [6.45, 7) is 6.73. The van der Waals surface area contributed by atoms with Crippen LogP contribution in [0.4, 0.5) is 0 Å². The number of carbonyl (C=O) groups excluding carboxylic acids is 1. The minimum Gasteiger partial charge on any atom is -0.316 e. The molecule has 4 nitrogen and oxygen atoms in total. The Morgan fingerprint density at radius 2 is 2.50 bits per heavy atom. The highest BCUT2D eigenvalue weighted by Gasteiger charge is 2.37. The summed E-state index contributed by atoms with van der Waals surface area (Å²) < 4.78 is 1.85.